The second-order valence-corrected chi connectivity index (χ2v) is 7.26. The highest BCUT2D eigenvalue weighted by Gasteiger charge is 2.17. The van der Waals surface area contributed by atoms with Gasteiger partial charge in [-0.1, -0.05) is 38.4 Å². The number of anilines is 1. The zero-order valence-electron chi connectivity index (χ0n) is 13.7. The Morgan fingerprint density at radius 2 is 2.10 bits per heavy atom. The van der Waals surface area contributed by atoms with Gasteiger partial charge in [0.2, 0.25) is 0 Å². The molecular formula is C18H29ClN2. The summed E-state index contributed by atoms with van der Waals surface area (Å²) in [4.78, 5) is 2.53. The Labute approximate surface area is 134 Å². The van der Waals surface area contributed by atoms with Crippen LogP contribution in [0.4, 0.5) is 5.69 Å². The molecule has 0 aliphatic carbocycles. The summed E-state index contributed by atoms with van der Waals surface area (Å²) in [5.41, 5.74) is 2.70. The van der Waals surface area contributed by atoms with Crippen molar-refractivity contribution < 1.29 is 0 Å². The molecule has 2 nitrogen and oxygen atoms in total. The largest absolute Gasteiger partial charge is 0.371 e. The van der Waals surface area contributed by atoms with Crippen molar-refractivity contribution in [3.63, 3.8) is 0 Å². The van der Waals surface area contributed by atoms with Crippen molar-refractivity contribution in [1.29, 1.82) is 0 Å². The second-order valence-electron chi connectivity index (χ2n) is 6.82. The van der Waals surface area contributed by atoms with E-state index in [1.54, 1.807) is 0 Å². The van der Waals surface area contributed by atoms with Gasteiger partial charge in [-0.05, 0) is 55.3 Å². The van der Waals surface area contributed by atoms with E-state index in [1.807, 2.05) is 6.07 Å². The summed E-state index contributed by atoms with van der Waals surface area (Å²) in [6.45, 7) is 11.1. The van der Waals surface area contributed by atoms with Crippen LogP contribution in [0.2, 0.25) is 5.02 Å². The van der Waals surface area contributed by atoms with Crippen LogP contribution in [0.25, 0.3) is 0 Å². The monoisotopic (exact) mass is 308 g/mol. The zero-order valence-corrected chi connectivity index (χ0v) is 14.4. The molecule has 0 aromatic heterocycles. The van der Waals surface area contributed by atoms with E-state index < -0.39 is 0 Å². The minimum Gasteiger partial charge on any atom is -0.371 e. The number of benzene rings is 1. The van der Waals surface area contributed by atoms with E-state index >= 15 is 0 Å². The van der Waals surface area contributed by atoms with E-state index in [-0.39, 0.29) is 0 Å². The maximum atomic E-state index is 6.24. The summed E-state index contributed by atoms with van der Waals surface area (Å²) >= 11 is 6.24. The van der Waals surface area contributed by atoms with Crippen LogP contribution in [-0.4, -0.2) is 19.6 Å². The molecule has 1 unspecified atom stereocenters. The topological polar surface area (TPSA) is 15.3 Å². The van der Waals surface area contributed by atoms with Gasteiger partial charge >= 0.3 is 0 Å². The number of nitrogens with one attached hydrogen (secondary N) is 1. The average molecular weight is 309 g/mol. The molecule has 0 amide bonds. The third-order valence-electron chi connectivity index (χ3n) is 4.27. The molecular weight excluding hydrogens is 280 g/mol. The normalized spacial score (nSPS) is 19.9. The fraction of sp³-hybridized carbons (Fsp3) is 0.667. The third-order valence-corrected chi connectivity index (χ3v) is 4.51. The van der Waals surface area contributed by atoms with Crippen LogP contribution in [0, 0.1) is 11.8 Å². The minimum absolute atomic E-state index is 0.680. The van der Waals surface area contributed by atoms with Crippen LogP contribution in [0.15, 0.2) is 18.2 Å². The Hall–Kier alpha value is -0.730. The maximum absolute atomic E-state index is 6.24. The van der Waals surface area contributed by atoms with Crippen molar-refractivity contribution in [2.24, 2.45) is 11.8 Å². The summed E-state index contributed by atoms with van der Waals surface area (Å²) in [6, 6.07) is 6.33. The summed E-state index contributed by atoms with van der Waals surface area (Å²) in [7, 11) is 0. The van der Waals surface area contributed by atoms with Gasteiger partial charge in [0.05, 0.1) is 0 Å². The molecule has 1 heterocycles. The summed E-state index contributed by atoms with van der Waals surface area (Å²) < 4.78 is 0. The van der Waals surface area contributed by atoms with E-state index in [9.17, 15) is 0 Å². The van der Waals surface area contributed by atoms with Gasteiger partial charge in [-0.3, -0.25) is 0 Å². The lowest BCUT2D eigenvalue weighted by Crippen LogP contribution is -2.27. The molecule has 1 fully saturated rings. The molecule has 1 aromatic carbocycles. The van der Waals surface area contributed by atoms with Gasteiger partial charge in [-0.25, -0.2) is 0 Å². The van der Waals surface area contributed by atoms with Gasteiger partial charge in [0.1, 0.15) is 0 Å². The van der Waals surface area contributed by atoms with Crippen LogP contribution in [0.5, 0.6) is 0 Å². The molecule has 0 saturated carbocycles. The molecule has 2 rings (SSSR count). The summed E-state index contributed by atoms with van der Waals surface area (Å²) in [5.74, 6) is 1.52. The van der Waals surface area contributed by atoms with Crippen molar-refractivity contribution in [3.05, 3.63) is 28.8 Å². The van der Waals surface area contributed by atoms with Crippen molar-refractivity contribution >= 4 is 17.3 Å². The van der Waals surface area contributed by atoms with Crippen molar-refractivity contribution in [2.75, 3.05) is 24.5 Å². The molecule has 3 heteroatoms. The molecule has 1 atom stereocenters. The first-order valence-electron chi connectivity index (χ1n) is 8.30. The fourth-order valence-corrected chi connectivity index (χ4v) is 3.15. The average Bonchev–Trinajstić information content (AvgIpc) is 2.65. The van der Waals surface area contributed by atoms with Crippen LogP contribution in [0.1, 0.15) is 45.6 Å². The number of hydrogen-bond donors (Lipinski definition) is 1. The number of hydrogen-bond acceptors (Lipinski definition) is 2. The second kappa shape index (κ2) is 8.05. The molecule has 118 valence electrons. The highest BCUT2D eigenvalue weighted by atomic mass is 35.5. The molecule has 1 saturated heterocycles. The maximum Gasteiger partial charge on any atom is 0.0426 e. The standard InChI is InChI=1S/C18H29ClN2/c1-14(2)12-20-13-16-6-7-17(19)11-18(16)21-9-4-5-15(3)8-10-21/h6-7,11,14-15,20H,4-5,8-10,12-13H2,1-3H3. The van der Waals surface area contributed by atoms with Gasteiger partial charge in [-0.2, -0.15) is 0 Å². The molecule has 1 aromatic rings. The van der Waals surface area contributed by atoms with Crippen molar-refractivity contribution in [3.8, 4) is 0 Å². The lowest BCUT2D eigenvalue weighted by atomic mass is 10.0. The van der Waals surface area contributed by atoms with Crippen molar-refractivity contribution in [1.82, 2.24) is 5.32 Å². The number of nitrogens with zero attached hydrogens (tertiary/aromatic N) is 1. The molecule has 21 heavy (non-hydrogen) atoms. The summed E-state index contributed by atoms with van der Waals surface area (Å²) in [6.07, 6.45) is 3.91. The van der Waals surface area contributed by atoms with Gasteiger partial charge in [0, 0.05) is 30.3 Å². The van der Waals surface area contributed by atoms with Crippen LogP contribution in [0.3, 0.4) is 0 Å². The molecule has 1 aliphatic heterocycles. The van der Waals surface area contributed by atoms with E-state index in [1.165, 1.54) is 30.5 Å². The first kappa shape index (κ1) is 16.6. The lowest BCUT2D eigenvalue weighted by molar-refractivity contribution is 0.521. The fourth-order valence-electron chi connectivity index (χ4n) is 2.98. The first-order valence-corrected chi connectivity index (χ1v) is 8.68. The summed E-state index contributed by atoms with van der Waals surface area (Å²) in [5, 5.41) is 4.40. The number of rotatable bonds is 5. The lowest BCUT2D eigenvalue weighted by Gasteiger charge is -2.26. The quantitative estimate of drug-likeness (QED) is 0.847. The van der Waals surface area contributed by atoms with Gasteiger partial charge in [0.15, 0.2) is 0 Å². The van der Waals surface area contributed by atoms with Gasteiger partial charge in [0.25, 0.3) is 0 Å². The molecule has 0 bridgehead atoms. The smallest absolute Gasteiger partial charge is 0.0426 e. The Kier molecular flexibility index (Phi) is 6.38. The Bertz CT molecular complexity index is 445. The molecule has 1 aliphatic rings. The van der Waals surface area contributed by atoms with Crippen molar-refractivity contribution in [2.45, 2.75) is 46.6 Å². The third kappa shape index (κ3) is 5.19. The predicted octanol–water partition coefficient (Wildman–Crippen LogP) is 4.71. The van der Waals surface area contributed by atoms with E-state index in [2.05, 4.69) is 43.1 Å². The number of halogens is 1. The van der Waals surface area contributed by atoms with E-state index in [4.69, 9.17) is 11.6 Å². The molecule has 1 N–H and O–H groups in total. The van der Waals surface area contributed by atoms with Gasteiger partial charge < -0.3 is 10.2 Å². The minimum atomic E-state index is 0.680. The van der Waals surface area contributed by atoms with Crippen LogP contribution >= 0.6 is 11.6 Å². The zero-order chi connectivity index (χ0) is 15.2. The Morgan fingerprint density at radius 3 is 2.86 bits per heavy atom. The SMILES string of the molecule is CC(C)CNCc1ccc(Cl)cc1N1CCCC(C)CC1. The van der Waals surface area contributed by atoms with Gasteiger partial charge in [-0.15, -0.1) is 0 Å². The van der Waals surface area contributed by atoms with Crippen LogP contribution in [-0.2, 0) is 6.54 Å². The predicted molar refractivity (Wildman–Crippen MR) is 93.2 cm³/mol. The Balaban J connectivity index is 2.10. The van der Waals surface area contributed by atoms with E-state index in [0.29, 0.717) is 5.92 Å². The Morgan fingerprint density at radius 1 is 1.29 bits per heavy atom. The highest BCUT2D eigenvalue weighted by molar-refractivity contribution is 6.30. The highest BCUT2D eigenvalue weighted by Crippen LogP contribution is 2.28. The molecule has 0 spiro atoms. The molecule has 0 radical (unpaired) electrons. The first-order chi connectivity index (χ1) is 10.1. The van der Waals surface area contributed by atoms with Crippen LogP contribution < -0.4 is 10.2 Å². The van der Waals surface area contributed by atoms with E-state index in [0.717, 1.165) is 37.1 Å².